The Kier molecular flexibility index (Phi) is 12.3. The maximum atomic E-state index is 3.79. The van der Waals surface area contributed by atoms with E-state index in [1.165, 1.54) is 38.5 Å². The number of hydrogen-bond donors (Lipinski definition) is 3. The van der Waals surface area contributed by atoms with Crippen LogP contribution >= 0.6 is 8.37 Å². The minimum absolute atomic E-state index is 0.464. The van der Waals surface area contributed by atoms with Gasteiger partial charge in [-0.25, -0.2) is 0 Å². The van der Waals surface area contributed by atoms with Crippen LogP contribution in [0, 0.1) is 0 Å². The average Bonchev–Trinajstić information content (AvgIpc) is 2.46. The Balaban J connectivity index is 4.51. The van der Waals surface area contributed by atoms with Crippen LogP contribution in [0.3, 0.4) is 0 Å². The summed E-state index contributed by atoms with van der Waals surface area (Å²) in [5, 5.41) is 11.4. The molecule has 116 valence electrons. The predicted octanol–water partition coefficient (Wildman–Crippen LogP) is 4.55. The molecule has 0 aromatic rings. The highest BCUT2D eigenvalue weighted by Gasteiger charge is 2.18. The summed E-state index contributed by atoms with van der Waals surface area (Å²) in [5.74, 6) is 0. The van der Waals surface area contributed by atoms with Crippen molar-refractivity contribution < 1.29 is 0 Å². The van der Waals surface area contributed by atoms with Gasteiger partial charge in [0.1, 0.15) is 8.37 Å². The van der Waals surface area contributed by atoms with Gasteiger partial charge in [0.2, 0.25) is 0 Å². The lowest BCUT2D eigenvalue weighted by atomic mass is 10.2. The lowest BCUT2D eigenvalue weighted by molar-refractivity contribution is 0.526. The van der Waals surface area contributed by atoms with E-state index in [0.29, 0.717) is 18.1 Å². The second kappa shape index (κ2) is 12.1. The maximum Gasteiger partial charge on any atom is 0.112 e. The Bertz CT molecular complexity index is 157. The standard InChI is InChI=1S/C15H36N3P/c1-7-13(8-2)16-19(17-14(9-3)10-4)18-15(11-5)12-6/h13-18H,7-12H2,1-6H3. The van der Waals surface area contributed by atoms with Crippen LogP contribution in [-0.4, -0.2) is 18.1 Å². The summed E-state index contributed by atoms with van der Waals surface area (Å²) in [6.07, 6.45) is 7.19. The molecule has 0 amide bonds. The van der Waals surface area contributed by atoms with E-state index >= 15 is 0 Å². The Hall–Kier alpha value is 0.310. The van der Waals surface area contributed by atoms with Crippen molar-refractivity contribution in [2.45, 2.75) is 98.2 Å². The highest BCUT2D eigenvalue weighted by molar-refractivity contribution is 7.51. The third-order valence-electron chi connectivity index (χ3n) is 3.89. The molecule has 19 heavy (non-hydrogen) atoms. The number of nitrogens with one attached hydrogen (secondary N) is 3. The van der Waals surface area contributed by atoms with Crippen LogP contribution in [0.4, 0.5) is 0 Å². The summed E-state index contributed by atoms with van der Waals surface area (Å²) in [6, 6.07) is 1.86. The molecule has 0 saturated heterocycles. The minimum atomic E-state index is -0.464. The first-order valence-corrected chi connectivity index (χ1v) is 9.57. The van der Waals surface area contributed by atoms with Gasteiger partial charge in [0, 0.05) is 18.1 Å². The van der Waals surface area contributed by atoms with Crippen LogP contribution < -0.4 is 15.3 Å². The monoisotopic (exact) mass is 289 g/mol. The lowest BCUT2D eigenvalue weighted by Gasteiger charge is -2.31. The summed E-state index contributed by atoms with van der Waals surface area (Å²) in [5.41, 5.74) is 0. The number of hydrogen-bond acceptors (Lipinski definition) is 3. The highest BCUT2D eigenvalue weighted by Crippen LogP contribution is 2.26. The molecule has 4 heteroatoms. The zero-order valence-corrected chi connectivity index (χ0v) is 14.8. The zero-order valence-electron chi connectivity index (χ0n) is 13.9. The Morgan fingerprint density at radius 1 is 0.526 bits per heavy atom. The Labute approximate surface area is 122 Å². The van der Waals surface area contributed by atoms with Crippen LogP contribution in [0.2, 0.25) is 0 Å². The van der Waals surface area contributed by atoms with E-state index in [4.69, 9.17) is 0 Å². The van der Waals surface area contributed by atoms with E-state index in [0.717, 1.165) is 0 Å². The molecule has 0 aromatic carbocycles. The first-order chi connectivity index (χ1) is 9.14. The second-order valence-corrected chi connectivity index (χ2v) is 6.71. The van der Waals surface area contributed by atoms with E-state index in [-0.39, 0.29) is 0 Å². The molecule has 0 spiro atoms. The van der Waals surface area contributed by atoms with Gasteiger partial charge in [-0.15, -0.1) is 0 Å². The van der Waals surface area contributed by atoms with Gasteiger partial charge in [-0.1, -0.05) is 41.5 Å². The largest absolute Gasteiger partial charge is 0.268 e. The first kappa shape index (κ1) is 19.3. The van der Waals surface area contributed by atoms with Gasteiger partial charge in [0.15, 0.2) is 0 Å². The molecule has 3 nitrogen and oxygen atoms in total. The van der Waals surface area contributed by atoms with E-state index in [1.54, 1.807) is 0 Å². The third kappa shape index (κ3) is 8.24. The summed E-state index contributed by atoms with van der Waals surface area (Å²) in [4.78, 5) is 0. The summed E-state index contributed by atoms with van der Waals surface area (Å²) in [6.45, 7) is 13.6. The van der Waals surface area contributed by atoms with Crippen LogP contribution in [0.15, 0.2) is 0 Å². The van der Waals surface area contributed by atoms with Gasteiger partial charge in [-0.05, 0) is 38.5 Å². The fourth-order valence-corrected chi connectivity index (χ4v) is 4.49. The molecule has 0 heterocycles. The SMILES string of the molecule is CCC(CC)NP(NC(CC)CC)NC(CC)CC. The maximum absolute atomic E-state index is 3.79. The topological polar surface area (TPSA) is 36.1 Å². The Morgan fingerprint density at radius 3 is 0.895 bits per heavy atom. The van der Waals surface area contributed by atoms with Crippen molar-refractivity contribution in [1.29, 1.82) is 0 Å². The quantitative estimate of drug-likeness (QED) is 0.461. The smallest absolute Gasteiger partial charge is 0.112 e. The van der Waals surface area contributed by atoms with Gasteiger partial charge in [-0.3, -0.25) is 15.3 Å². The van der Waals surface area contributed by atoms with Crippen molar-refractivity contribution >= 4 is 8.37 Å². The van der Waals surface area contributed by atoms with Gasteiger partial charge in [0.05, 0.1) is 0 Å². The van der Waals surface area contributed by atoms with E-state index < -0.39 is 8.37 Å². The van der Waals surface area contributed by atoms with Crippen molar-refractivity contribution in [2.24, 2.45) is 0 Å². The molecule has 0 unspecified atom stereocenters. The molecule has 0 saturated carbocycles. The van der Waals surface area contributed by atoms with E-state index in [1.807, 2.05) is 0 Å². The molecule has 0 aliphatic rings. The molecule has 0 aliphatic heterocycles. The molecular formula is C15H36N3P. The van der Waals surface area contributed by atoms with Gasteiger partial charge >= 0.3 is 0 Å². The fourth-order valence-electron chi connectivity index (χ4n) is 2.07. The van der Waals surface area contributed by atoms with E-state index in [9.17, 15) is 0 Å². The van der Waals surface area contributed by atoms with Gasteiger partial charge in [-0.2, -0.15) is 0 Å². The molecule has 0 aromatic heterocycles. The summed E-state index contributed by atoms with van der Waals surface area (Å²) >= 11 is 0. The summed E-state index contributed by atoms with van der Waals surface area (Å²) < 4.78 is 0. The predicted molar refractivity (Wildman–Crippen MR) is 89.4 cm³/mol. The second-order valence-electron chi connectivity index (χ2n) is 5.26. The van der Waals surface area contributed by atoms with Crippen LogP contribution in [0.5, 0.6) is 0 Å². The number of rotatable bonds is 12. The molecule has 0 fully saturated rings. The van der Waals surface area contributed by atoms with Crippen LogP contribution in [0.1, 0.15) is 80.1 Å². The third-order valence-corrected chi connectivity index (χ3v) is 5.76. The van der Waals surface area contributed by atoms with Gasteiger partial charge in [0.25, 0.3) is 0 Å². The van der Waals surface area contributed by atoms with Crippen molar-refractivity contribution in [1.82, 2.24) is 15.3 Å². The molecule has 0 aliphatic carbocycles. The highest BCUT2D eigenvalue weighted by atomic mass is 31.1. The zero-order chi connectivity index (χ0) is 14.7. The summed E-state index contributed by atoms with van der Waals surface area (Å²) in [7, 11) is -0.464. The molecule has 3 N–H and O–H groups in total. The lowest BCUT2D eigenvalue weighted by Crippen LogP contribution is -2.41. The molecule has 0 bridgehead atoms. The molecule has 0 radical (unpaired) electrons. The van der Waals surface area contributed by atoms with Crippen LogP contribution in [-0.2, 0) is 0 Å². The van der Waals surface area contributed by atoms with Crippen molar-refractivity contribution in [3.63, 3.8) is 0 Å². The van der Waals surface area contributed by atoms with Crippen molar-refractivity contribution in [2.75, 3.05) is 0 Å². The minimum Gasteiger partial charge on any atom is -0.268 e. The molecular weight excluding hydrogens is 253 g/mol. The van der Waals surface area contributed by atoms with Crippen LogP contribution in [0.25, 0.3) is 0 Å². The first-order valence-electron chi connectivity index (χ1n) is 8.23. The van der Waals surface area contributed by atoms with Crippen molar-refractivity contribution in [3.8, 4) is 0 Å². The van der Waals surface area contributed by atoms with Gasteiger partial charge < -0.3 is 0 Å². The molecule has 0 rings (SSSR count). The molecule has 0 atom stereocenters. The Morgan fingerprint density at radius 2 is 0.737 bits per heavy atom. The normalized spacial score (nSPS) is 12.3. The fraction of sp³-hybridized carbons (Fsp3) is 1.00. The average molecular weight is 289 g/mol. The van der Waals surface area contributed by atoms with Crippen molar-refractivity contribution in [3.05, 3.63) is 0 Å². The van der Waals surface area contributed by atoms with E-state index in [2.05, 4.69) is 56.8 Å².